The van der Waals surface area contributed by atoms with Gasteiger partial charge in [0.1, 0.15) is 11.8 Å². The summed E-state index contributed by atoms with van der Waals surface area (Å²) in [7, 11) is 1.65. The van der Waals surface area contributed by atoms with E-state index in [2.05, 4.69) is 16.3 Å². The lowest BCUT2D eigenvalue weighted by Crippen LogP contribution is -2.53. The zero-order valence-electron chi connectivity index (χ0n) is 11.2. The smallest absolute Gasteiger partial charge is 0.121 e. The number of nitriles is 1. The van der Waals surface area contributed by atoms with Crippen LogP contribution in [0.25, 0.3) is 0 Å². The van der Waals surface area contributed by atoms with Crippen molar-refractivity contribution in [3.63, 3.8) is 0 Å². The van der Waals surface area contributed by atoms with Gasteiger partial charge in [-0.2, -0.15) is 5.26 Å². The summed E-state index contributed by atoms with van der Waals surface area (Å²) in [5.74, 6) is 1.53. The van der Waals surface area contributed by atoms with Crippen molar-refractivity contribution in [3.05, 3.63) is 23.8 Å². The topological polar surface area (TPSA) is 48.3 Å². The fourth-order valence-electron chi connectivity index (χ4n) is 3.20. The molecule has 3 saturated heterocycles. The van der Waals surface area contributed by atoms with E-state index in [1.165, 1.54) is 25.9 Å². The van der Waals surface area contributed by atoms with Gasteiger partial charge in [-0.25, -0.2) is 0 Å². The van der Waals surface area contributed by atoms with E-state index < -0.39 is 0 Å². The highest BCUT2D eigenvalue weighted by Crippen LogP contribution is 2.31. The molecule has 0 saturated carbocycles. The molecular formula is C15H19N3O. The van der Waals surface area contributed by atoms with Crippen LogP contribution in [0.4, 0.5) is 5.69 Å². The maximum absolute atomic E-state index is 9.20. The molecule has 3 aliphatic rings. The van der Waals surface area contributed by atoms with Gasteiger partial charge >= 0.3 is 0 Å². The van der Waals surface area contributed by atoms with E-state index >= 15 is 0 Å². The lowest BCUT2D eigenvalue weighted by molar-refractivity contribution is 0.0975. The third-order valence-corrected chi connectivity index (χ3v) is 4.34. The van der Waals surface area contributed by atoms with E-state index in [9.17, 15) is 5.26 Å². The predicted octanol–water partition coefficient (Wildman–Crippen LogP) is 2.07. The van der Waals surface area contributed by atoms with Gasteiger partial charge in [0.2, 0.25) is 0 Å². The maximum Gasteiger partial charge on any atom is 0.121 e. The van der Waals surface area contributed by atoms with Gasteiger partial charge in [-0.15, -0.1) is 0 Å². The number of hydrogen-bond acceptors (Lipinski definition) is 4. The van der Waals surface area contributed by atoms with Crippen molar-refractivity contribution >= 4 is 5.69 Å². The fourth-order valence-corrected chi connectivity index (χ4v) is 3.20. The SMILES string of the molecule is COc1ccc(C#N)c(NC2CN3CCC2CC3)c1. The molecule has 3 heterocycles. The number of anilines is 1. The highest BCUT2D eigenvalue weighted by atomic mass is 16.5. The van der Waals surface area contributed by atoms with Crippen LogP contribution in [-0.2, 0) is 0 Å². The van der Waals surface area contributed by atoms with Crippen LogP contribution in [0.5, 0.6) is 5.75 Å². The van der Waals surface area contributed by atoms with Crippen LogP contribution in [0.3, 0.4) is 0 Å². The van der Waals surface area contributed by atoms with Crippen molar-refractivity contribution in [2.24, 2.45) is 5.92 Å². The van der Waals surface area contributed by atoms with Crippen molar-refractivity contribution in [3.8, 4) is 11.8 Å². The first kappa shape index (κ1) is 12.3. The lowest BCUT2D eigenvalue weighted by atomic mass is 9.84. The molecule has 1 atom stereocenters. The molecular weight excluding hydrogens is 238 g/mol. The minimum Gasteiger partial charge on any atom is -0.497 e. The first-order valence-corrected chi connectivity index (χ1v) is 6.87. The minimum atomic E-state index is 0.460. The number of hydrogen-bond donors (Lipinski definition) is 1. The molecule has 0 spiro atoms. The quantitative estimate of drug-likeness (QED) is 0.900. The Morgan fingerprint density at radius 1 is 1.37 bits per heavy atom. The highest BCUT2D eigenvalue weighted by Gasteiger charge is 2.34. The van der Waals surface area contributed by atoms with Gasteiger partial charge in [-0.05, 0) is 44.0 Å². The van der Waals surface area contributed by atoms with E-state index in [1.807, 2.05) is 18.2 Å². The number of methoxy groups -OCH3 is 1. The van der Waals surface area contributed by atoms with Gasteiger partial charge in [0.25, 0.3) is 0 Å². The Labute approximate surface area is 114 Å². The average Bonchev–Trinajstić information content (AvgIpc) is 2.48. The largest absolute Gasteiger partial charge is 0.497 e. The molecule has 0 aromatic heterocycles. The van der Waals surface area contributed by atoms with Crippen LogP contribution >= 0.6 is 0 Å². The van der Waals surface area contributed by atoms with E-state index in [1.54, 1.807) is 7.11 Å². The van der Waals surface area contributed by atoms with Crippen molar-refractivity contribution in [1.29, 1.82) is 5.26 Å². The van der Waals surface area contributed by atoms with Crippen molar-refractivity contribution in [2.45, 2.75) is 18.9 Å². The lowest BCUT2D eigenvalue weighted by Gasteiger charge is -2.45. The van der Waals surface area contributed by atoms with Crippen LogP contribution in [0.2, 0.25) is 0 Å². The second kappa shape index (κ2) is 5.10. The zero-order chi connectivity index (χ0) is 13.2. The van der Waals surface area contributed by atoms with E-state index in [0.29, 0.717) is 11.6 Å². The minimum absolute atomic E-state index is 0.460. The Kier molecular flexibility index (Phi) is 3.31. The Balaban J connectivity index is 1.81. The summed E-state index contributed by atoms with van der Waals surface area (Å²) in [5.41, 5.74) is 1.60. The number of rotatable bonds is 3. The molecule has 19 heavy (non-hydrogen) atoms. The summed E-state index contributed by atoms with van der Waals surface area (Å²) in [6.45, 7) is 3.55. The number of fused-ring (bicyclic) bond motifs is 3. The number of nitrogens with one attached hydrogen (secondary N) is 1. The molecule has 2 bridgehead atoms. The molecule has 0 radical (unpaired) electrons. The number of ether oxygens (including phenoxy) is 1. The van der Waals surface area contributed by atoms with Gasteiger partial charge in [-0.3, -0.25) is 0 Å². The Hall–Kier alpha value is -1.73. The second-order valence-corrected chi connectivity index (χ2v) is 5.41. The molecule has 1 N–H and O–H groups in total. The van der Waals surface area contributed by atoms with Gasteiger partial charge < -0.3 is 15.0 Å². The Bertz CT molecular complexity index is 501. The summed E-state index contributed by atoms with van der Waals surface area (Å²) in [5, 5.41) is 12.8. The normalized spacial score (nSPS) is 28.7. The molecule has 0 amide bonds. The van der Waals surface area contributed by atoms with Crippen molar-refractivity contribution in [2.75, 3.05) is 32.1 Å². The molecule has 100 valence electrons. The summed E-state index contributed by atoms with van der Waals surface area (Å²) >= 11 is 0. The molecule has 0 aliphatic carbocycles. The van der Waals surface area contributed by atoms with E-state index in [4.69, 9.17) is 4.74 Å². The highest BCUT2D eigenvalue weighted by molar-refractivity contribution is 5.61. The summed E-state index contributed by atoms with van der Waals surface area (Å²) in [6, 6.07) is 8.29. The van der Waals surface area contributed by atoms with E-state index in [-0.39, 0.29) is 0 Å². The number of piperidine rings is 3. The van der Waals surface area contributed by atoms with Crippen LogP contribution in [0.1, 0.15) is 18.4 Å². The first-order valence-electron chi connectivity index (χ1n) is 6.87. The first-order chi connectivity index (χ1) is 9.30. The molecule has 1 unspecified atom stereocenters. The van der Waals surface area contributed by atoms with Crippen LogP contribution in [-0.4, -0.2) is 37.7 Å². The fraction of sp³-hybridized carbons (Fsp3) is 0.533. The Morgan fingerprint density at radius 3 is 2.74 bits per heavy atom. The van der Waals surface area contributed by atoms with Gasteiger partial charge in [0.05, 0.1) is 18.4 Å². The molecule has 4 nitrogen and oxygen atoms in total. The molecule has 4 rings (SSSR count). The number of nitrogens with zero attached hydrogens (tertiary/aromatic N) is 2. The molecule has 1 aromatic carbocycles. The summed E-state index contributed by atoms with van der Waals surface area (Å²) in [6.07, 6.45) is 2.53. The zero-order valence-corrected chi connectivity index (χ0v) is 11.2. The molecule has 1 aromatic rings. The van der Waals surface area contributed by atoms with Crippen LogP contribution in [0, 0.1) is 17.2 Å². The van der Waals surface area contributed by atoms with Crippen LogP contribution < -0.4 is 10.1 Å². The molecule has 4 heteroatoms. The Morgan fingerprint density at radius 2 is 2.16 bits per heavy atom. The van der Waals surface area contributed by atoms with Crippen LogP contribution in [0.15, 0.2) is 18.2 Å². The maximum atomic E-state index is 9.20. The van der Waals surface area contributed by atoms with Gasteiger partial charge in [0.15, 0.2) is 0 Å². The standard InChI is InChI=1S/C15H19N3O/c1-19-13-3-2-12(9-16)14(8-13)17-15-10-18-6-4-11(15)5-7-18/h2-3,8,11,15,17H,4-7,10H2,1H3. The molecule has 3 aliphatic heterocycles. The summed E-state index contributed by atoms with van der Waals surface area (Å²) in [4.78, 5) is 2.50. The van der Waals surface area contributed by atoms with E-state index in [0.717, 1.165) is 23.9 Å². The second-order valence-electron chi connectivity index (χ2n) is 5.41. The number of benzene rings is 1. The van der Waals surface area contributed by atoms with Crippen molar-refractivity contribution < 1.29 is 4.74 Å². The monoisotopic (exact) mass is 257 g/mol. The third-order valence-electron chi connectivity index (χ3n) is 4.34. The molecule has 3 fully saturated rings. The average molecular weight is 257 g/mol. The van der Waals surface area contributed by atoms with Gasteiger partial charge in [0, 0.05) is 18.7 Å². The van der Waals surface area contributed by atoms with Crippen molar-refractivity contribution in [1.82, 2.24) is 4.90 Å². The summed E-state index contributed by atoms with van der Waals surface area (Å²) < 4.78 is 5.25. The van der Waals surface area contributed by atoms with Gasteiger partial charge in [-0.1, -0.05) is 0 Å². The third kappa shape index (κ3) is 2.39. The predicted molar refractivity (Wildman–Crippen MR) is 74.3 cm³/mol.